The van der Waals surface area contributed by atoms with E-state index >= 15 is 0 Å². The highest BCUT2D eigenvalue weighted by molar-refractivity contribution is 5.84. The number of hydrogen-bond acceptors (Lipinski definition) is 3. The molecular weight excluding hydrogens is 307 g/mol. The van der Waals surface area contributed by atoms with Crippen molar-refractivity contribution in [3.63, 3.8) is 0 Å². The lowest BCUT2D eigenvalue weighted by Crippen LogP contribution is -2.15. The van der Waals surface area contributed by atoms with E-state index in [0.29, 0.717) is 12.3 Å². The summed E-state index contributed by atoms with van der Waals surface area (Å²) in [6, 6.07) is 14.1. The summed E-state index contributed by atoms with van der Waals surface area (Å²) in [7, 11) is 0. The fourth-order valence-corrected chi connectivity index (χ4v) is 2.84. The second-order valence-electron chi connectivity index (χ2n) is 5.95. The van der Waals surface area contributed by atoms with Crippen LogP contribution in [0.25, 0.3) is 0 Å². The van der Waals surface area contributed by atoms with Gasteiger partial charge in [0.2, 0.25) is 0 Å². The number of carbonyl (C=O) groups is 1. The van der Waals surface area contributed by atoms with Crippen LogP contribution in [0, 0.1) is 5.82 Å². The Morgan fingerprint density at radius 2 is 1.92 bits per heavy atom. The zero-order valence-corrected chi connectivity index (χ0v) is 13.4. The molecule has 0 aliphatic carbocycles. The highest BCUT2D eigenvalue weighted by atomic mass is 19.1. The van der Waals surface area contributed by atoms with Gasteiger partial charge in [0.05, 0.1) is 6.61 Å². The fraction of sp³-hybridized carbons (Fsp3) is 0.316. The maximum Gasteiger partial charge on any atom is 0.411 e. The van der Waals surface area contributed by atoms with Crippen molar-refractivity contribution in [2.24, 2.45) is 0 Å². The van der Waals surface area contributed by atoms with E-state index in [1.807, 2.05) is 24.3 Å². The zero-order chi connectivity index (χ0) is 16.8. The first-order valence-electron chi connectivity index (χ1n) is 8.19. The molecule has 0 aromatic heterocycles. The van der Waals surface area contributed by atoms with Crippen LogP contribution in [0.5, 0.6) is 0 Å². The molecule has 5 heteroatoms. The van der Waals surface area contributed by atoms with E-state index < -0.39 is 6.09 Å². The minimum absolute atomic E-state index is 0.253. The molecule has 1 atom stereocenters. The summed E-state index contributed by atoms with van der Waals surface area (Å²) in [4.78, 5) is 11.8. The molecule has 0 bridgehead atoms. The average Bonchev–Trinajstić information content (AvgIpc) is 3.12. The Morgan fingerprint density at radius 1 is 1.17 bits per heavy atom. The second kappa shape index (κ2) is 7.93. The Bertz CT molecular complexity index is 665. The van der Waals surface area contributed by atoms with Gasteiger partial charge >= 0.3 is 6.09 Å². The highest BCUT2D eigenvalue weighted by Gasteiger charge is 2.16. The third-order valence-corrected chi connectivity index (χ3v) is 4.23. The summed E-state index contributed by atoms with van der Waals surface area (Å²) < 4.78 is 18.0. The Balaban J connectivity index is 1.43. The van der Waals surface area contributed by atoms with Gasteiger partial charge in [0.1, 0.15) is 5.82 Å². The van der Waals surface area contributed by atoms with Crippen LogP contribution in [0.3, 0.4) is 0 Å². The molecule has 1 heterocycles. The third-order valence-electron chi connectivity index (χ3n) is 4.23. The first-order chi connectivity index (χ1) is 11.7. The first kappa shape index (κ1) is 16.5. The van der Waals surface area contributed by atoms with E-state index in [9.17, 15) is 9.18 Å². The minimum Gasteiger partial charge on any atom is -0.449 e. The smallest absolute Gasteiger partial charge is 0.411 e. The fourth-order valence-electron chi connectivity index (χ4n) is 2.84. The van der Waals surface area contributed by atoms with Crippen molar-refractivity contribution in [3.05, 3.63) is 65.5 Å². The van der Waals surface area contributed by atoms with Crippen LogP contribution in [0.4, 0.5) is 14.9 Å². The molecule has 2 aromatic rings. The molecule has 2 N–H and O–H groups in total. The van der Waals surface area contributed by atoms with Gasteiger partial charge in [0.15, 0.2) is 0 Å². The number of rotatable bonds is 5. The summed E-state index contributed by atoms with van der Waals surface area (Å²) in [6.45, 7) is 2.33. The molecule has 1 saturated heterocycles. The Labute approximate surface area is 141 Å². The van der Waals surface area contributed by atoms with Crippen molar-refractivity contribution < 1.29 is 13.9 Å². The number of carbonyl (C=O) groups excluding carboxylic acids is 1. The molecule has 2 aromatic carbocycles. The van der Waals surface area contributed by atoms with Gasteiger partial charge in [-0.25, -0.2) is 9.18 Å². The Hall–Kier alpha value is -2.40. The van der Waals surface area contributed by atoms with Crippen LogP contribution in [0.15, 0.2) is 48.5 Å². The van der Waals surface area contributed by atoms with Crippen LogP contribution < -0.4 is 10.6 Å². The molecule has 1 aliphatic rings. The quantitative estimate of drug-likeness (QED) is 0.880. The molecule has 0 unspecified atom stereocenters. The lowest BCUT2D eigenvalue weighted by Gasteiger charge is -2.11. The van der Waals surface area contributed by atoms with Crippen molar-refractivity contribution >= 4 is 11.8 Å². The van der Waals surface area contributed by atoms with Crippen molar-refractivity contribution in [2.75, 3.05) is 25.0 Å². The molecule has 3 rings (SSSR count). The Morgan fingerprint density at radius 3 is 2.58 bits per heavy atom. The van der Waals surface area contributed by atoms with Gasteiger partial charge in [0, 0.05) is 18.7 Å². The third kappa shape index (κ3) is 4.55. The second-order valence-corrected chi connectivity index (χ2v) is 5.95. The average molecular weight is 328 g/mol. The number of nitrogens with one attached hydrogen (secondary N) is 2. The summed E-state index contributed by atoms with van der Waals surface area (Å²) in [6.07, 6.45) is 1.23. The maximum absolute atomic E-state index is 12.8. The molecule has 126 valence electrons. The molecule has 1 aliphatic heterocycles. The summed E-state index contributed by atoms with van der Waals surface area (Å²) >= 11 is 0. The number of hydrogen-bond donors (Lipinski definition) is 2. The number of anilines is 1. The van der Waals surface area contributed by atoms with E-state index in [-0.39, 0.29) is 12.4 Å². The topological polar surface area (TPSA) is 50.4 Å². The lowest BCUT2D eigenvalue weighted by molar-refractivity contribution is 0.163. The van der Waals surface area contributed by atoms with Gasteiger partial charge < -0.3 is 10.1 Å². The van der Waals surface area contributed by atoms with E-state index in [1.165, 1.54) is 17.7 Å². The SMILES string of the molecule is O=C(Nc1ccc([C@H]2CCNC2)cc1)OCCc1ccc(F)cc1. The van der Waals surface area contributed by atoms with Gasteiger partial charge in [-0.05, 0) is 54.3 Å². The van der Waals surface area contributed by atoms with E-state index in [4.69, 9.17) is 4.74 Å². The lowest BCUT2D eigenvalue weighted by atomic mass is 9.98. The van der Waals surface area contributed by atoms with Gasteiger partial charge in [0.25, 0.3) is 0 Å². The standard InChI is InChI=1S/C19H21FN2O2/c20-17-5-1-14(2-6-17)10-12-24-19(23)22-18-7-3-15(4-8-18)16-9-11-21-13-16/h1-8,16,21H,9-13H2,(H,22,23)/t16-/m0/s1. The summed E-state index contributed by atoms with van der Waals surface area (Å²) in [5, 5.41) is 6.07. The number of halogens is 1. The van der Waals surface area contributed by atoms with Crippen LogP contribution in [0.1, 0.15) is 23.5 Å². The normalized spacial score (nSPS) is 16.8. The van der Waals surface area contributed by atoms with E-state index in [2.05, 4.69) is 10.6 Å². The van der Waals surface area contributed by atoms with Gasteiger partial charge in [-0.2, -0.15) is 0 Å². The minimum atomic E-state index is -0.479. The van der Waals surface area contributed by atoms with Crippen molar-refractivity contribution in [1.29, 1.82) is 0 Å². The molecule has 0 radical (unpaired) electrons. The van der Waals surface area contributed by atoms with Gasteiger partial charge in [-0.15, -0.1) is 0 Å². The zero-order valence-electron chi connectivity index (χ0n) is 13.4. The predicted octanol–water partition coefficient (Wildman–Crippen LogP) is 3.69. The predicted molar refractivity (Wildman–Crippen MR) is 91.7 cm³/mol. The van der Waals surface area contributed by atoms with Gasteiger partial charge in [-0.1, -0.05) is 24.3 Å². The molecule has 24 heavy (non-hydrogen) atoms. The highest BCUT2D eigenvalue weighted by Crippen LogP contribution is 2.23. The number of amides is 1. The molecule has 1 amide bonds. The maximum atomic E-state index is 12.8. The van der Waals surface area contributed by atoms with Crippen LogP contribution in [-0.2, 0) is 11.2 Å². The molecule has 1 fully saturated rings. The van der Waals surface area contributed by atoms with Crippen LogP contribution in [-0.4, -0.2) is 25.8 Å². The summed E-state index contributed by atoms with van der Waals surface area (Å²) in [5.74, 6) is 0.288. The van der Waals surface area contributed by atoms with Crippen molar-refractivity contribution in [1.82, 2.24) is 5.32 Å². The van der Waals surface area contributed by atoms with E-state index in [0.717, 1.165) is 30.8 Å². The largest absolute Gasteiger partial charge is 0.449 e. The summed E-state index contributed by atoms with van der Waals surface area (Å²) in [5.41, 5.74) is 2.94. The van der Waals surface area contributed by atoms with Crippen LogP contribution in [0.2, 0.25) is 0 Å². The number of benzene rings is 2. The van der Waals surface area contributed by atoms with Crippen molar-refractivity contribution in [3.8, 4) is 0 Å². The monoisotopic (exact) mass is 328 g/mol. The Kier molecular flexibility index (Phi) is 5.43. The molecule has 0 spiro atoms. The first-order valence-corrected chi connectivity index (χ1v) is 8.19. The van der Waals surface area contributed by atoms with Crippen LogP contribution >= 0.6 is 0 Å². The number of ether oxygens (including phenoxy) is 1. The van der Waals surface area contributed by atoms with E-state index in [1.54, 1.807) is 12.1 Å². The van der Waals surface area contributed by atoms with Crippen molar-refractivity contribution in [2.45, 2.75) is 18.8 Å². The molecule has 4 nitrogen and oxygen atoms in total. The molecule has 0 saturated carbocycles. The molecular formula is C19H21FN2O2. The van der Waals surface area contributed by atoms with Gasteiger partial charge in [-0.3, -0.25) is 5.32 Å².